The van der Waals surface area contributed by atoms with Gasteiger partial charge >= 0.3 is 6.03 Å². The maximum atomic E-state index is 11.7. The maximum Gasteiger partial charge on any atom is 0.315 e. The lowest BCUT2D eigenvalue weighted by Crippen LogP contribution is -2.43. The van der Waals surface area contributed by atoms with E-state index in [9.17, 15) is 4.79 Å². The number of aliphatic hydroxyl groups is 1. The Hall–Kier alpha value is -1.07. The molecule has 19 heavy (non-hydrogen) atoms. The summed E-state index contributed by atoms with van der Waals surface area (Å²) in [6.07, 6.45) is 7.09. The van der Waals surface area contributed by atoms with Gasteiger partial charge in [-0.2, -0.15) is 0 Å². The predicted octanol–water partition coefficient (Wildman–Crippen LogP) is 0.955. The fourth-order valence-electron chi connectivity index (χ4n) is 2.14. The number of amides is 2. The fraction of sp³-hybridized carbons (Fsp3) is 0.786. The van der Waals surface area contributed by atoms with Gasteiger partial charge in [0.05, 0.1) is 0 Å². The van der Waals surface area contributed by atoms with Gasteiger partial charge in [0, 0.05) is 31.7 Å². The molecule has 0 bridgehead atoms. The van der Waals surface area contributed by atoms with Crippen molar-refractivity contribution in [3.63, 3.8) is 0 Å². The van der Waals surface area contributed by atoms with Gasteiger partial charge in [0.25, 0.3) is 0 Å². The molecule has 0 aromatic heterocycles. The van der Waals surface area contributed by atoms with Crippen LogP contribution in [0.5, 0.6) is 0 Å². The summed E-state index contributed by atoms with van der Waals surface area (Å²) in [5, 5.41) is 14.8. The monoisotopic (exact) mass is 269 g/mol. The van der Waals surface area contributed by atoms with Gasteiger partial charge in [0.1, 0.15) is 0 Å². The molecule has 0 fully saturated rings. The van der Waals surface area contributed by atoms with Crippen LogP contribution in [0.25, 0.3) is 0 Å². The Balaban J connectivity index is 2.07. The van der Waals surface area contributed by atoms with Crippen molar-refractivity contribution in [2.75, 3.05) is 33.3 Å². The van der Waals surface area contributed by atoms with E-state index in [0.29, 0.717) is 6.54 Å². The van der Waals surface area contributed by atoms with Crippen molar-refractivity contribution in [2.45, 2.75) is 32.2 Å². The number of urea groups is 1. The molecule has 1 rings (SSSR count). The Labute approximate surface area is 116 Å². The van der Waals surface area contributed by atoms with E-state index in [2.05, 4.69) is 29.5 Å². The first-order valence-electron chi connectivity index (χ1n) is 7.17. The topological polar surface area (TPSA) is 64.6 Å². The first-order valence-corrected chi connectivity index (χ1v) is 7.17. The smallest absolute Gasteiger partial charge is 0.315 e. The van der Waals surface area contributed by atoms with E-state index in [1.165, 1.54) is 12.8 Å². The van der Waals surface area contributed by atoms with E-state index in [-0.39, 0.29) is 24.6 Å². The van der Waals surface area contributed by atoms with Crippen molar-refractivity contribution in [2.24, 2.45) is 5.92 Å². The van der Waals surface area contributed by atoms with Gasteiger partial charge in [-0.25, -0.2) is 4.79 Å². The molecule has 2 atom stereocenters. The third-order valence-electron chi connectivity index (χ3n) is 3.40. The zero-order valence-corrected chi connectivity index (χ0v) is 12.1. The number of nitrogens with zero attached hydrogens (tertiary/aromatic N) is 1. The van der Waals surface area contributed by atoms with Crippen LogP contribution in [0.3, 0.4) is 0 Å². The lowest BCUT2D eigenvalue weighted by atomic mass is 10.1. The van der Waals surface area contributed by atoms with Gasteiger partial charge in [-0.05, 0) is 26.4 Å². The lowest BCUT2D eigenvalue weighted by molar-refractivity contribution is 0.229. The molecule has 5 nitrogen and oxygen atoms in total. The van der Waals surface area contributed by atoms with Crippen LogP contribution in [-0.2, 0) is 0 Å². The largest absolute Gasteiger partial charge is 0.396 e. The number of aliphatic hydroxyl groups excluding tert-OH is 1. The number of likely N-dealkylation sites (N-methyl/N-ethyl adjacent to an activating group) is 1. The van der Waals surface area contributed by atoms with Gasteiger partial charge in [0.2, 0.25) is 0 Å². The van der Waals surface area contributed by atoms with Crippen LogP contribution in [0.15, 0.2) is 12.2 Å². The number of unbranched alkanes of at least 4 members (excludes halogenated alkanes) is 1. The number of nitrogens with one attached hydrogen (secondary N) is 2. The van der Waals surface area contributed by atoms with Gasteiger partial charge in [0.15, 0.2) is 0 Å². The summed E-state index contributed by atoms with van der Waals surface area (Å²) >= 11 is 0. The molecule has 0 unspecified atom stereocenters. The summed E-state index contributed by atoms with van der Waals surface area (Å²) in [4.78, 5) is 13.9. The second-order valence-electron chi connectivity index (χ2n) is 5.23. The Bertz CT molecular complexity index is 294. The highest BCUT2D eigenvalue weighted by molar-refractivity contribution is 5.74. The number of hydrogen-bond acceptors (Lipinski definition) is 3. The van der Waals surface area contributed by atoms with Crippen molar-refractivity contribution in [1.82, 2.24) is 15.5 Å². The van der Waals surface area contributed by atoms with Crippen LogP contribution in [0.1, 0.15) is 26.2 Å². The normalized spacial score (nSPS) is 21.9. The molecular formula is C14H27N3O2. The number of rotatable bonds is 8. The molecule has 0 aliphatic heterocycles. The minimum atomic E-state index is -0.128. The van der Waals surface area contributed by atoms with Gasteiger partial charge in [-0.1, -0.05) is 25.5 Å². The summed E-state index contributed by atoms with van der Waals surface area (Å²) in [6, 6.07) is -0.0768. The van der Waals surface area contributed by atoms with Gasteiger partial charge in [-0.15, -0.1) is 0 Å². The highest BCUT2D eigenvalue weighted by Crippen LogP contribution is 2.16. The van der Waals surface area contributed by atoms with Crippen LogP contribution in [0, 0.1) is 5.92 Å². The van der Waals surface area contributed by atoms with Gasteiger partial charge < -0.3 is 20.6 Å². The van der Waals surface area contributed by atoms with Crippen molar-refractivity contribution in [1.29, 1.82) is 0 Å². The third kappa shape index (κ3) is 6.59. The summed E-state index contributed by atoms with van der Waals surface area (Å²) in [7, 11) is 2.07. The maximum absolute atomic E-state index is 11.7. The molecule has 3 N–H and O–H groups in total. The highest BCUT2D eigenvalue weighted by atomic mass is 16.3. The zero-order chi connectivity index (χ0) is 14.1. The van der Waals surface area contributed by atoms with Crippen molar-refractivity contribution in [3.05, 3.63) is 12.2 Å². The lowest BCUT2D eigenvalue weighted by Gasteiger charge is -2.17. The third-order valence-corrected chi connectivity index (χ3v) is 3.40. The molecule has 0 aromatic rings. The summed E-state index contributed by atoms with van der Waals surface area (Å²) in [6.45, 7) is 4.93. The van der Waals surface area contributed by atoms with Crippen LogP contribution in [0.2, 0.25) is 0 Å². The molecular weight excluding hydrogens is 242 g/mol. The SMILES string of the molecule is CCCCN(C)CCNC(=O)N[C@@H]1C=C[C@H](CO)C1. The van der Waals surface area contributed by atoms with E-state index in [0.717, 1.165) is 19.5 Å². The van der Waals surface area contributed by atoms with Crippen LogP contribution in [-0.4, -0.2) is 55.4 Å². The van der Waals surface area contributed by atoms with Crippen LogP contribution >= 0.6 is 0 Å². The molecule has 0 spiro atoms. The highest BCUT2D eigenvalue weighted by Gasteiger charge is 2.19. The molecule has 2 amide bonds. The molecule has 0 aromatic carbocycles. The predicted molar refractivity (Wildman–Crippen MR) is 77.1 cm³/mol. The van der Waals surface area contributed by atoms with Gasteiger partial charge in [-0.3, -0.25) is 0 Å². The van der Waals surface area contributed by atoms with E-state index in [1.807, 2.05) is 12.2 Å². The average molecular weight is 269 g/mol. The van der Waals surface area contributed by atoms with E-state index >= 15 is 0 Å². The first kappa shape index (κ1) is 16.0. The fourth-order valence-corrected chi connectivity index (χ4v) is 2.14. The minimum absolute atomic E-state index is 0.0509. The number of carbonyl (C=O) groups is 1. The summed E-state index contributed by atoms with van der Waals surface area (Å²) in [5.74, 6) is 0.186. The summed E-state index contributed by atoms with van der Waals surface area (Å²) in [5.41, 5.74) is 0. The minimum Gasteiger partial charge on any atom is -0.396 e. The molecule has 5 heteroatoms. The Kier molecular flexibility index (Phi) is 7.52. The molecule has 0 heterocycles. The molecule has 0 radical (unpaired) electrons. The van der Waals surface area contributed by atoms with Crippen LogP contribution in [0.4, 0.5) is 4.79 Å². The number of carbonyl (C=O) groups excluding carboxylic acids is 1. The zero-order valence-electron chi connectivity index (χ0n) is 12.1. The molecule has 110 valence electrons. The van der Waals surface area contributed by atoms with Crippen molar-refractivity contribution >= 4 is 6.03 Å². The molecule has 1 aliphatic rings. The average Bonchev–Trinajstić information content (AvgIpc) is 2.84. The van der Waals surface area contributed by atoms with Crippen molar-refractivity contribution in [3.8, 4) is 0 Å². The van der Waals surface area contributed by atoms with Crippen LogP contribution < -0.4 is 10.6 Å². The number of hydrogen-bond donors (Lipinski definition) is 3. The Morgan fingerprint density at radius 3 is 2.84 bits per heavy atom. The molecule has 1 aliphatic carbocycles. The Morgan fingerprint density at radius 1 is 1.42 bits per heavy atom. The quantitative estimate of drug-likeness (QED) is 0.575. The van der Waals surface area contributed by atoms with E-state index < -0.39 is 0 Å². The van der Waals surface area contributed by atoms with E-state index in [4.69, 9.17) is 5.11 Å². The standard InChI is InChI=1S/C14H27N3O2/c1-3-4-8-17(2)9-7-15-14(19)16-13-6-5-12(10-13)11-18/h5-6,12-13,18H,3-4,7-11H2,1-2H3,(H2,15,16,19)/t12-,13+/m0/s1. The second kappa shape index (κ2) is 8.93. The second-order valence-corrected chi connectivity index (χ2v) is 5.23. The van der Waals surface area contributed by atoms with E-state index in [1.54, 1.807) is 0 Å². The molecule has 0 saturated heterocycles. The first-order chi connectivity index (χ1) is 9.15. The summed E-state index contributed by atoms with van der Waals surface area (Å²) < 4.78 is 0. The van der Waals surface area contributed by atoms with Crippen molar-refractivity contribution < 1.29 is 9.90 Å². The molecule has 0 saturated carbocycles. The Morgan fingerprint density at radius 2 is 2.21 bits per heavy atom.